The number of aliphatic imine (C=N–C) groups is 1. The predicted molar refractivity (Wildman–Crippen MR) is 97.7 cm³/mol. The van der Waals surface area contributed by atoms with Crippen LogP contribution >= 0.6 is 23.2 Å². The van der Waals surface area contributed by atoms with E-state index in [0.29, 0.717) is 5.69 Å². The number of carbonyl (C=O) groups excluding carboxylic acids is 3. The van der Waals surface area contributed by atoms with Crippen molar-refractivity contribution in [3.63, 3.8) is 0 Å². The third kappa shape index (κ3) is 4.92. The molecular weight excluding hydrogens is 379 g/mol. The molecule has 0 fully saturated rings. The van der Waals surface area contributed by atoms with Crippen LogP contribution in [-0.2, 0) is 20.7 Å². The van der Waals surface area contributed by atoms with Crippen molar-refractivity contribution in [1.82, 2.24) is 5.32 Å². The Morgan fingerprint density at radius 1 is 1.15 bits per heavy atom. The average molecular weight is 393 g/mol. The molecule has 0 aliphatic rings. The second kappa shape index (κ2) is 9.15. The van der Waals surface area contributed by atoms with Gasteiger partial charge in [-0.2, -0.15) is 4.99 Å². The number of amides is 1. The number of carbonyl (C=O) groups is 2. The number of rotatable bonds is 6. The summed E-state index contributed by atoms with van der Waals surface area (Å²) in [4.78, 5) is 38.3. The fourth-order valence-electron chi connectivity index (χ4n) is 2.28. The average Bonchev–Trinajstić information content (AvgIpc) is 2.62. The van der Waals surface area contributed by atoms with Gasteiger partial charge in [-0.05, 0) is 29.8 Å². The van der Waals surface area contributed by atoms with E-state index in [4.69, 9.17) is 27.9 Å². The molecular formula is C18H14Cl2N2O4. The molecule has 0 saturated carbocycles. The van der Waals surface area contributed by atoms with Crippen LogP contribution in [0.25, 0.3) is 0 Å². The molecule has 0 saturated heterocycles. The van der Waals surface area contributed by atoms with Crippen LogP contribution in [0.5, 0.6) is 0 Å². The zero-order valence-corrected chi connectivity index (χ0v) is 15.2. The maximum atomic E-state index is 12.5. The van der Waals surface area contributed by atoms with E-state index in [0.717, 1.165) is 5.56 Å². The van der Waals surface area contributed by atoms with Gasteiger partial charge < -0.3 is 10.1 Å². The van der Waals surface area contributed by atoms with Crippen molar-refractivity contribution in [3.8, 4) is 0 Å². The summed E-state index contributed by atoms with van der Waals surface area (Å²) in [6.07, 6.45) is 1.62. The minimum Gasteiger partial charge on any atom is -0.467 e. The van der Waals surface area contributed by atoms with Crippen molar-refractivity contribution in [1.29, 1.82) is 0 Å². The van der Waals surface area contributed by atoms with Gasteiger partial charge in [0.1, 0.15) is 6.04 Å². The van der Waals surface area contributed by atoms with E-state index in [-0.39, 0.29) is 22.0 Å². The summed E-state index contributed by atoms with van der Waals surface area (Å²) in [5.41, 5.74) is 1.25. The predicted octanol–water partition coefficient (Wildman–Crippen LogP) is 3.47. The van der Waals surface area contributed by atoms with Crippen molar-refractivity contribution < 1.29 is 19.1 Å². The Kier molecular flexibility index (Phi) is 6.92. The summed E-state index contributed by atoms with van der Waals surface area (Å²) in [5, 5.41) is 2.94. The first-order chi connectivity index (χ1) is 12.5. The number of hydrogen-bond donors (Lipinski definition) is 1. The smallest absolute Gasteiger partial charge is 0.328 e. The highest BCUT2D eigenvalue weighted by Crippen LogP contribution is 2.24. The number of esters is 1. The Morgan fingerprint density at radius 3 is 2.31 bits per heavy atom. The monoisotopic (exact) mass is 392 g/mol. The van der Waals surface area contributed by atoms with Gasteiger partial charge >= 0.3 is 5.97 Å². The van der Waals surface area contributed by atoms with E-state index >= 15 is 0 Å². The van der Waals surface area contributed by atoms with Crippen molar-refractivity contribution in [2.24, 2.45) is 4.99 Å². The molecule has 0 aliphatic carbocycles. The Morgan fingerprint density at radius 2 is 1.77 bits per heavy atom. The summed E-state index contributed by atoms with van der Waals surface area (Å²) >= 11 is 12.1. The Bertz CT molecular complexity index is 842. The zero-order valence-electron chi connectivity index (χ0n) is 13.7. The molecule has 8 heteroatoms. The number of nitrogens with zero attached hydrogens (tertiary/aromatic N) is 1. The quantitative estimate of drug-likeness (QED) is 0.463. The van der Waals surface area contributed by atoms with Gasteiger partial charge in [-0.1, -0.05) is 41.4 Å². The first-order valence-electron chi connectivity index (χ1n) is 7.45. The molecule has 0 aliphatic heterocycles. The van der Waals surface area contributed by atoms with E-state index in [2.05, 4.69) is 10.3 Å². The lowest BCUT2D eigenvalue weighted by atomic mass is 10.0. The minimum atomic E-state index is -0.944. The normalized spacial score (nSPS) is 11.2. The topological polar surface area (TPSA) is 84.8 Å². The van der Waals surface area contributed by atoms with E-state index in [1.165, 1.54) is 25.3 Å². The molecule has 1 N–H and O–H groups in total. The molecule has 134 valence electrons. The van der Waals surface area contributed by atoms with Gasteiger partial charge in [-0.3, -0.25) is 4.79 Å². The molecule has 6 nitrogen and oxygen atoms in total. The molecule has 0 heterocycles. The van der Waals surface area contributed by atoms with Crippen molar-refractivity contribution in [2.75, 3.05) is 7.11 Å². The number of methoxy groups -OCH3 is 1. The van der Waals surface area contributed by atoms with Gasteiger partial charge in [0.25, 0.3) is 5.91 Å². The lowest BCUT2D eigenvalue weighted by Crippen LogP contribution is -2.43. The number of hydrogen-bond acceptors (Lipinski definition) is 5. The lowest BCUT2D eigenvalue weighted by Gasteiger charge is -2.17. The number of isocyanates is 1. The largest absolute Gasteiger partial charge is 0.467 e. The highest BCUT2D eigenvalue weighted by molar-refractivity contribution is 6.39. The molecule has 0 aromatic heterocycles. The Balaban J connectivity index is 2.21. The highest BCUT2D eigenvalue weighted by Gasteiger charge is 2.24. The second-order valence-electron chi connectivity index (χ2n) is 5.22. The fourth-order valence-corrected chi connectivity index (χ4v) is 2.84. The van der Waals surface area contributed by atoms with Crippen LogP contribution in [0.3, 0.4) is 0 Å². The van der Waals surface area contributed by atoms with E-state index in [9.17, 15) is 14.4 Å². The van der Waals surface area contributed by atoms with E-state index in [1.807, 2.05) is 0 Å². The molecule has 0 bridgehead atoms. The first-order valence-corrected chi connectivity index (χ1v) is 8.21. The standard InChI is InChI=1S/C18H14Cl2N2O4/c1-26-18(25)15(9-11-5-7-12(8-6-11)21-10-23)22-17(24)16-13(19)3-2-4-14(16)20/h2-8,15H,9H2,1H3,(H,22,24)/t15-/m0/s1. The lowest BCUT2D eigenvalue weighted by molar-refractivity contribution is -0.142. The molecule has 1 atom stereocenters. The summed E-state index contributed by atoms with van der Waals surface area (Å²) in [7, 11) is 1.23. The molecule has 2 aromatic carbocycles. The third-order valence-corrected chi connectivity index (χ3v) is 4.16. The summed E-state index contributed by atoms with van der Waals surface area (Å²) in [6.45, 7) is 0. The van der Waals surface area contributed by atoms with Gasteiger partial charge in [-0.25, -0.2) is 9.59 Å². The van der Waals surface area contributed by atoms with Gasteiger partial charge in [0.05, 0.1) is 28.4 Å². The van der Waals surface area contributed by atoms with Crippen LogP contribution in [-0.4, -0.2) is 31.1 Å². The molecule has 26 heavy (non-hydrogen) atoms. The molecule has 1 amide bonds. The molecule has 2 aromatic rings. The number of benzene rings is 2. The van der Waals surface area contributed by atoms with Gasteiger partial charge in [0.2, 0.25) is 6.08 Å². The molecule has 2 rings (SSSR count). The highest BCUT2D eigenvalue weighted by atomic mass is 35.5. The SMILES string of the molecule is COC(=O)[C@H](Cc1ccc(N=C=O)cc1)NC(=O)c1c(Cl)cccc1Cl. The van der Waals surface area contributed by atoms with Crippen LogP contribution in [0.4, 0.5) is 5.69 Å². The van der Waals surface area contributed by atoms with Crippen molar-refractivity contribution >= 4 is 46.8 Å². The first kappa shape index (κ1) is 19.7. The number of halogens is 2. The van der Waals surface area contributed by atoms with Gasteiger partial charge in [-0.15, -0.1) is 0 Å². The maximum Gasteiger partial charge on any atom is 0.328 e. The van der Waals surface area contributed by atoms with Crippen LogP contribution < -0.4 is 5.32 Å². The summed E-state index contributed by atoms with van der Waals surface area (Å²) < 4.78 is 4.75. The number of ether oxygens (including phenoxy) is 1. The molecule has 0 spiro atoms. The van der Waals surface area contributed by atoms with Crippen molar-refractivity contribution in [2.45, 2.75) is 12.5 Å². The fraction of sp³-hybridized carbons (Fsp3) is 0.167. The van der Waals surface area contributed by atoms with E-state index in [1.54, 1.807) is 30.3 Å². The molecule has 0 radical (unpaired) electrons. The maximum absolute atomic E-state index is 12.5. The van der Waals surface area contributed by atoms with E-state index < -0.39 is 17.9 Å². The Hall–Kier alpha value is -2.66. The van der Waals surface area contributed by atoms with Gasteiger partial charge in [0.15, 0.2) is 0 Å². The van der Waals surface area contributed by atoms with Gasteiger partial charge in [0, 0.05) is 6.42 Å². The third-order valence-electron chi connectivity index (χ3n) is 3.53. The van der Waals surface area contributed by atoms with Crippen LogP contribution in [0, 0.1) is 0 Å². The van der Waals surface area contributed by atoms with Crippen LogP contribution in [0.1, 0.15) is 15.9 Å². The van der Waals surface area contributed by atoms with Crippen molar-refractivity contribution in [3.05, 3.63) is 63.6 Å². The summed E-state index contributed by atoms with van der Waals surface area (Å²) in [5.74, 6) is -1.20. The Labute approximate surface area is 159 Å². The van der Waals surface area contributed by atoms with Crippen LogP contribution in [0.2, 0.25) is 10.0 Å². The van der Waals surface area contributed by atoms with Crippen LogP contribution in [0.15, 0.2) is 47.5 Å². The minimum absolute atomic E-state index is 0.0837. The zero-order chi connectivity index (χ0) is 19.1. The molecule has 0 unspecified atom stereocenters. The second-order valence-corrected chi connectivity index (χ2v) is 6.03. The summed E-state index contributed by atoms with van der Waals surface area (Å²) in [6, 6.07) is 10.3. The number of nitrogens with one attached hydrogen (secondary N) is 1.